The molecule has 0 spiro atoms. The molecule has 7 heteroatoms. The number of piperidine rings is 1. The summed E-state index contributed by atoms with van der Waals surface area (Å²) in [5.41, 5.74) is 0.405. The van der Waals surface area contributed by atoms with Crippen molar-refractivity contribution in [3.8, 4) is 11.5 Å². The molecule has 0 saturated carbocycles. The Bertz CT molecular complexity index is 748. The van der Waals surface area contributed by atoms with Gasteiger partial charge >= 0.3 is 5.97 Å². The molecule has 1 aromatic carbocycles. The maximum atomic E-state index is 14.0. The Labute approximate surface area is 151 Å². The number of carboxylic acid groups (broad SMARTS) is 1. The van der Waals surface area contributed by atoms with Crippen LogP contribution in [0, 0.1) is 5.82 Å². The minimum atomic E-state index is -0.999. The summed E-state index contributed by atoms with van der Waals surface area (Å²) in [5.74, 6) is -0.758. The number of aliphatic carboxylic acids is 1. The first kappa shape index (κ1) is 18.1. The summed E-state index contributed by atoms with van der Waals surface area (Å²) < 4.78 is 24.8. The largest absolute Gasteiger partial charge is 0.494 e. The van der Waals surface area contributed by atoms with E-state index in [1.165, 1.54) is 19.2 Å². The second kappa shape index (κ2) is 8.14. The number of nitrogens with zero attached hydrogens (tertiary/aromatic N) is 2. The van der Waals surface area contributed by atoms with Crippen LogP contribution in [0.15, 0.2) is 42.7 Å². The molecule has 1 aliphatic heterocycles. The lowest BCUT2D eigenvalue weighted by molar-refractivity contribution is -0.144. The normalized spacial score (nSPS) is 16.8. The number of benzene rings is 1. The maximum absolute atomic E-state index is 14.0. The molecule has 1 saturated heterocycles. The minimum Gasteiger partial charge on any atom is -0.494 e. The van der Waals surface area contributed by atoms with Crippen molar-refractivity contribution >= 4 is 5.97 Å². The lowest BCUT2D eigenvalue weighted by Crippen LogP contribution is -2.43. The smallest absolute Gasteiger partial charge is 0.325 e. The van der Waals surface area contributed by atoms with E-state index in [0.717, 1.165) is 0 Å². The minimum absolute atomic E-state index is 0.0116. The highest BCUT2D eigenvalue weighted by molar-refractivity contribution is 5.75. The van der Waals surface area contributed by atoms with Crippen LogP contribution in [0.1, 0.15) is 24.4 Å². The van der Waals surface area contributed by atoms with E-state index in [2.05, 4.69) is 4.98 Å². The van der Waals surface area contributed by atoms with Gasteiger partial charge in [-0.3, -0.25) is 14.7 Å². The lowest BCUT2D eigenvalue weighted by atomic mass is 10.00. The molecule has 0 aliphatic carbocycles. The number of rotatable bonds is 6. The van der Waals surface area contributed by atoms with Crippen molar-refractivity contribution in [3.05, 3.63) is 54.1 Å². The highest BCUT2D eigenvalue weighted by Crippen LogP contribution is 2.29. The van der Waals surface area contributed by atoms with E-state index in [9.17, 15) is 14.3 Å². The van der Waals surface area contributed by atoms with Gasteiger partial charge in [0.1, 0.15) is 17.9 Å². The SMILES string of the molecule is COc1ccc([C@H](C(=O)O)N2CCC(Oc3cccnc3)CC2)cc1F. The highest BCUT2D eigenvalue weighted by Gasteiger charge is 2.32. The van der Waals surface area contributed by atoms with Gasteiger partial charge in [0, 0.05) is 19.3 Å². The zero-order valence-corrected chi connectivity index (χ0v) is 14.5. The molecule has 0 amide bonds. The Hall–Kier alpha value is -2.67. The highest BCUT2D eigenvalue weighted by atomic mass is 19.1. The molecule has 1 N–H and O–H groups in total. The van der Waals surface area contributed by atoms with Gasteiger partial charge in [-0.1, -0.05) is 6.07 Å². The van der Waals surface area contributed by atoms with Gasteiger partial charge in [-0.2, -0.15) is 0 Å². The summed E-state index contributed by atoms with van der Waals surface area (Å²) in [5, 5.41) is 9.66. The quantitative estimate of drug-likeness (QED) is 0.854. The van der Waals surface area contributed by atoms with E-state index in [1.807, 2.05) is 17.0 Å². The van der Waals surface area contributed by atoms with Crippen molar-refractivity contribution in [1.29, 1.82) is 0 Å². The molecule has 1 fully saturated rings. The monoisotopic (exact) mass is 360 g/mol. The maximum Gasteiger partial charge on any atom is 0.325 e. The van der Waals surface area contributed by atoms with Crippen molar-refractivity contribution in [2.75, 3.05) is 20.2 Å². The number of methoxy groups -OCH3 is 1. The fourth-order valence-electron chi connectivity index (χ4n) is 3.22. The van der Waals surface area contributed by atoms with Crippen LogP contribution >= 0.6 is 0 Å². The van der Waals surface area contributed by atoms with Crippen molar-refractivity contribution < 1.29 is 23.8 Å². The molecule has 1 atom stereocenters. The molecule has 1 aliphatic rings. The Morgan fingerprint density at radius 2 is 2.12 bits per heavy atom. The summed E-state index contributed by atoms with van der Waals surface area (Å²) >= 11 is 0. The lowest BCUT2D eigenvalue weighted by Gasteiger charge is -2.35. The Kier molecular flexibility index (Phi) is 5.68. The molecule has 3 rings (SSSR count). The van der Waals surface area contributed by atoms with Crippen molar-refractivity contribution in [3.63, 3.8) is 0 Å². The van der Waals surface area contributed by atoms with E-state index < -0.39 is 17.8 Å². The summed E-state index contributed by atoms with van der Waals surface area (Å²) in [6.07, 6.45) is 4.74. The first-order valence-corrected chi connectivity index (χ1v) is 8.45. The second-order valence-electron chi connectivity index (χ2n) is 6.18. The molecule has 1 aromatic heterocycles. The van der Waals surface area contributed by atoms with Gasteiger partial charge in [-0.15, -0.1) is 0 Å². The number of hydrogen-bond acceptors (Lipinski definition) is 5. The Balaban J connectivity index is 1.67. The average molecular weight is 360 g/mol. The summed E-state index contributed by atoms with van der Waals surface area (Å²) in [6, 6.07) is 7.05. The van der Waals surface area contributed by atoms with Crippen LogP contribution in [0.5, 0.6) is 11.5 Å². The Morgan fingerprint density at radius 1 is 1.35 bits per heavy atom. The van der Waals surface area contributed by atoms with Gasteiger partial charge in [0.15, 0.2) is 11.6 Å². The van der Waals surface area contributed by atoms with Gasteiger partial charge in [-0.05, 0) is 42.7 Å². The van der Waals surface area contributed by atoms with Crippen LogP contribution in [-0.2, 0) is 4.79 Å². The van der Waals surface area contributed by atoms with Crippen LogP contribution < -0.4 is 9.47 Å². The van der Waals surface area contributed by atoms with E-state index in [1.54, 1.807) is 18.5 Å². The number of carbonyl (C=O) groups is 1. The number of halogens is 1. The molecular formula is C19H21FN2O4. The van der Waals surface area contributed by atoms with Crippen LogP contribution in [-0.4, -0.2) is 47.3 Å². The zero-order valence-electron chi connectivity index (χ0n) is 14.5. The number of pyridine rings is 1. The molecule has 138 valence electrons. The molecule has 0 bridgehead atoms. The van der Waals surface area contributed by atoms with Gasteiger partial charge in [0.05, 0.1) is 13.3 Å². The average Bonchev–Trinajstić information content (AvgIpc) is 2.64. The third kappa shape index (κ3) is 4.11. The fourth-order valence-corrected chi connectivity index (χ4v) is 3.22. The molecule has 2 heterocycles. The molecule has 2 aromatic rings. The summed E-state index contributed by atoms with van der Waals surface area (Å²) in [4.78, 5) is 17.7. The second-order valence-corrected chi connectivity index (χ2v) is 6.18. The number of carboxylic acids is 1. The van der Waals surface area contributed by atoms with Crippen LogP contribution in [0.3, 0.4) is 0 Å². The first-order chi connectivity index (χ1) is 12.6. The standard InChI is InChI=1S/C19H21FN2O4/c1-25-17-5-4-13(11-16(17)20)18(19(23)24)22-9-6-14(7-10-22)26-15-3-2-8-21-12-15/h2-5,8,11-12,14,18H,6-7,9-10H2,1H3,(H,23,24)/t18-/m1/s1. The molecule has 6 nitrogen and oxygen atoms in total. The van der Waals surface area contributed by atoms with Crippen LogP contribution in [0.4, 0.5) is 4.39 Å². The predicted octanol–water partition coefficient (Wildman–Crippen LogP) is 2.90. The molecule has 0 unspecified atom stereocenters. The topological polar surface area (TPSA) is 71.9 Å². The van der Waals surface area contributed by atoms with Crippen molar-refractivity contribution in [2.24, 2.45) is 0 Å². The van der Waals surface area contributed by atoms with E-state index >= 15 is 0 Å². The summed E-state index contributed by atoms with van der Waals surface area (Å²) in [7, 11) is 1.37. The number of ether oxygens (including phenoxy) is 2. The number of hydrogen-bond donors (Lipinski definition) is 1. The predicted molar refractivity (Wildman–Crippen MR) is 92.8 cm³/mol. The van der Waals surface area contributed by atoms with Gasteiger partial charge < -0.3 is 14.6 Å². The fraction of sp³-hybridized carbons (Fsp3) is 0.368. The number of aromatic nitrogens is 1. The van der Waals surface area contributed by atoms with E-state index in [4.69, 9.17) is 9.47 Å². The molecular weight excluding hydrogens is 339 g/mol. The van der Waals surface area contributed by atoms with Crippen molar-refractivity contribution in [2.45, 2.75) is 25.0 Å². The van der Waals surface area contributed by atoms with Gasteiger partial charge in [-0.25, -0.2) is 4.39 Å². The van der Waals surface area contributed by atoms with E-state index in [-0.39, 0.29) is 11.9 Å². The van der Waals surface area contributed by atoms with Gasteiger partial charge in [0.25, 0.3) is 0 Å². The van der Waals surface area contributed by atoms with Crippen molar-refractivity contribution in [1.82, 2.24) is 9.88 Å². The third-order valence-corrected chi connectivity index (χ3v) is 4.50. The van der Waals surface area contributed by atoms with Crippen LogP contribution in [0.25, 0.3) is 0 Å². The molecule has 0 radical (unpaired) electrons. The van der Waals surface area contributed by atoms with Gasteiger partial charge in [0.2, 0.25) is 0 Å². The molecule has 26 heavy (non-hydrogen) atoms. The summed E-state index contributed by atoms with van der Waals surface area (Å²) in [6.45, 7) is 1.10. The third-order valence-electron chi connectivity index (χ3n) is 4.50. The number of likely N-dealkylation sites (tertiary alicyclic amines) is 1. The zero-order chi connectivity index (χ0) is 18.5. The van der Waals surface area contributed by atoms with Crippen LogP contribution in [0.2, 0.25) is 0 Å². The first-order valence-electron chi connectivity index (χ1n) is 8.45. The Morgan fingerprint density at radius 3 is 2.69 bits per heavy atom. The van der Waals surface area contributed by atoms with E-state index in [0.29, 0.717) is 37.2 Å².